The predicted octanol–water partition coefficient (Wildman–Crippen LogP) is 4.40. The number of hydrogen-bond donors (Lipinski definition) is 0. The highest BCUT2D eigenvalue weighted by molar-refractivity contribution is 5.80. The van der Waals surface area contributed by atoms with Gasteiger partial charge in [0.05, 0.1) is 5.52 Å². The Morgan fingerprint density at radius 2 is 1.41 bits per heavy atom. The van der Waals surface area contributed by atoms with Gasteiger partial charge in [0.15, 0.2) is 5.65 Å². The summed E-state index contributed by atoms with van der Waals surface area (Å²) >= 11 is 0. The largest absolute Gasteiger partial charge is 0.291 e. The van der Waals surface area contributed by atoms with Crippen LogP contribution in [0.5, 0.6) is 0 Å². The molecular formula is C19H15N3. The number of imidazole rings is 1. The summed E-state index contributed by atoms with van der Waals surface area (Å²) in [6, 6.07) is 24.6. The van der Waals surface area contributed by atoms with E-state index in [-0.39, 0.29) is 0 Å². The molecule has 0 fully saturated rings. The van der Waals surface area contributed by atoms with Gasteiger partial charge in [0.25, 0.3) is 0 Å². The SMILES string of the molecule is Cc1ccc2c(n1)nc(-c1ccccc1)n2-c1ccccc1. The lowest BCUT2D eigenvalue weighted by atomic mass is 10.2. The van der Waals surface area contributed by atoms with Crippen molar-refractivity contribution < 1.29 is 0 Å². The van der Waals surface area contributed by atoms with E-state index in [1.165, 1.54) is 0 Å². The third kappa shape index (κ3) is 2.07. The molecule has 0 radical (unpaired) electrons. The van der Waals surface area contributed by atoms with Gasteiger partial charge in [-0.15, -0.1) is 0 Å². The van der Waals surface area contributed by atoms with Crippen molar-refractivity contribution in [3.63, 3.8) is 0 Å². The first-order valence-electron chi connectivity index (χ1n) is 7.30. The van der Waals surface area contributed by atoms with Crippen molar-refractivity contribution in [1.82, 2.24) is 14.5 Å². The topological polar surface area (TPSA) is 30.7 Å². The van der Waals surface area contributed by atoms with Crippen LogP contribution >= 0.6 is 0 Å². The Hall–Kier alpha value is -2.94. The maximum Gasteiger partial charge on any atom is 0.178 e. The van der Waals surface area contributed by atoms with Crippen LogP contribution in [-0.4, -0.2) is 14.5 Å². The Bertz CT molecular complexity index is 925. The zero-order valence-corrected chi connectivity index (χ0v) is 12.3. The molecule has 0 aliphatic rings. The molecule has 3 heteroatoms. The van der Waals surface area contributed by atoms with Crippen LogP contribution in [0.25, 0.3) is 28.2 Å². The second kappa shape index (κ2) is 5.11. The summed E-state index contributed by atoms with van der Waals surface area (Å²) in [5.74, 6) is 0.917. The summed E-state index contributed by atoms with van der Waals surface area (Å²) in [6.45, 7) is 1.99. The molecule has 2 heterocycles. The summed E-state index contributed by atoms with van der Waals surface area (Å²) in [5, 5.41) is 0. The average molecular weight is 285 g/mol. The molecule has 22 heavy (non-hydrogen) atoms. The van der Waals surface area contributed by atoms with E-state index in [4.69, 9.17) is 4.98 Å². The Morgan fingerprint density at radius 3 is 2.14 bits per heavy atom. The molecule has 4 aromatic rings. The van der Waals surface area contributed by atoms with E-state index in [0.717, 1.165) is 33.9 Å². The van der Waals surface area contributed by atoms with Crippen LogP contribution in [-0.2, 0) is 0 Å². The van der Waals surface area contributed by atoms with Crippen molar-refractivity contribution >= 4 is 11.2 Å². The number of pyridine rings is 1. The van der Waals surface area contributed by atoms with Crippen molar-refractivity contribution in [2.45, 2.75) is 6.92 Å². The van der Waals surface area contributed by atoms with Crippen LogP contribution in [0.15, 0.2) is 72.8 Å². The number of aryl methyl sites for hydroxylation is 1. The second-order valence-corrected chi connectivity index (χ2v) is 5.27. The lowest BCUT2D eigenvalue weighted by Gasteiger charge is -2.09. The van der Waals surface area contributed by atoms with Gasteiger partial charge in [0.2, 0.25) is 0 Å². The summed E-state index contributed by atoms with van der Waals surface area (Å²) < 4.78 is 2.16. The molecule has 0 amide bonds. The number of fused-ring (bicyclic) bond motifs is 1. The van der Waals surface area contributed by atoms with Crippen molar-refractivity contribution in [3.05, 3.63) is 78.5 Å². The van der Waals surface area contributed by atoms with Gasteiger partial charge in [0, 0.05) is 16.9 Å². The minimum Gasteiger partial charge on any atom is -0.291 e. The van der Waals surface area contributed by atoms with E-state index >= 15 is 0 Å². The monoisotopic (exact) mass is 285 g/mol. The number of para-hydroxylation sites is 1. The zero-order chi connectivity index (χ0) is 14.9. The van der Waals surface area contributed by atoms with Gasteiger partial charge < -0.3 is 0 Å². The van der Waals surface area contributed by atoms with E-state index in [1.54, 1.807) is 0 Å². The molecule has 0 unspecified atom stereocenters. The molecule has 0 aliphatic carbocycles. The van der Waals surface area contributed by atoms with Crippen molar-refractivity contribution in [3.8, 4) is 17.1 Å². The van der Waals surface area contributed by atoms with Crippen LogP contribution in [0, 0.1) is 6.92 Å². The molecule has 2 aromatic heterocycles. The normalized spacial score (nSPS) is 11.0. The van der Waals surface area contributed by atoms with Crippen molar-refractivity contribution in [1.29, 1.82) is 0 Å². The van der Waals surface area contributed by atoms with E-state index in [0.29, 0.717) is 0 Å². The molecule has 0 spiro atoms. The minimum absolute atomic E-state index is 0.780. The standard InChI is InChI=1S/C19H15N3/c1-14-12-13-17-18(20-14)21-19(15-8-4-2-5-9-15)22(17)16-10-6-3-7-11-16/h2-13H,1H3. The number of aromatic nitrogens is 3. The van der Waals surface area contributed by atoms with E-state index in [1.807, 2.05) is 49.4 Å². The smallest absolute Gasteiger partial charge is 0.178 e. The quantitative estimate of drug-likeness (QED) is 0.546. The van der Waals surface area contributed by atoms with Crippen molar-refractivity contribution in [2.75, 3.05) is 0 Å². The van der Waals surface area contributed by atoms with Crippen LogP contribution < -0.4 is 0 Å². The molecule has 0 bridgehead atoms. The lowest BCUT2D eigenvalue weighted by Crippen LogP contribution is -1.97. The van der Waals surface area contributed by atoms with Gasteiger partial charge in [-0.05, 0) is 31.2 Å². The van der Waals surface area contributed by atoms with Crippen LogP contribution in [0.3, 0.4) is 0 Å². The van der Waals surface area contributed by atoms with E-state index < -0.39 is 0 Å². The van der Waals surface area contributed by atoms with Gasteiger partial charge in [-0.2, -0.15) is 0 Å². The summed E-state index contributed by atoms with van der Waals surface area (Å²) in [5.41, 5.74) is 4.96. The predicted molar refractivity (Wildman–Crippen MR) is 89.0 cm³/mol. The fraction of sp³-hybridized carbons (Fsp3) is 0.0526. The van der Waals surface area contributed by atoms with Gasteiger partial charge in [-0.1, -0.05) is 48.5 Å². The first-order chi connectivity index (χ1) is 10.8. The number of benzene rings is 2. The first kappa shape index (κ1) is 12.8. The molecular weight excluding hydrogens is 270 g/mol. The Labute approximate surface area is 128 Å². The van der Waals surface area contributed by atoms with Gasteiger partial charge >= 0.3 is 0 Å². The molecule has 0 atom stereocenters. The van der Waals surface area contributed by atoms with Gasteiger partial charge in [0.1, 0.15) is 5.82 Å². The van der Waals surface area contributed by atoms with Crippen LogP contribution in [0.2, 0.25) is 0 Å². The maximum absolute atomic E-state index is 4.77. The van der Waals surface area contributed by atoms with Crippen LogP contribution in [0.1, 0.15) is 5.69 Å². The minimum atomic E-state index is 0.780. The lowest BCUT2D eigenvalue weighted by molar-refractivity contribution is 1.10. The maximum atomic E-state index is 4.77. The molecule has 0 aliphatic heterocycles. The average Bonchev–Trinajstić information content (AvgIpc) is 2.95. The second-order valence-electron chi connectivity index (χ2n) is 5.27. The molecule has 106 valence electrons. The third-order valence-electron chi connectivity index (χ3n) is 3.70. The number of rotatable bonds is 2. The first-order valence-corrected chi connectivity index (χ1v) is 7.30. The van der Waals surface area contributed by atoms with Gasteiger partial charge in [-0.3, -0.25) is 4.57 Å². The number of nitrogens with zero attached hydrogens (tertiary/aromatic N) is 3. The summed E-state index contributed by atoms with van der Waals surface area (Å²) in [4.78, 5) is 9.35. The molecule has 0 N–H and O–H groups in total. The number of hydrogen-bond acceptors (Lipinski definition) is 2. The molecule has 0 saturated heterocycles. The van der Waals surface area contributed by atoms with Crippen molar-refractivity contribution in [2.24, 2.45) is 0 Å². The van der Waals surface area contributed by atoms with E-state index in [2.05, 4.69) is 39.9 Å². The highest BCUT2D eigenvalue weighted by Crippen LogP contribution is 2.27. The molecule has 2 aromatic carbocycles. The molecule has 4 rings (SSSR count). The fourth-order valence-electron chi connectivity index (χ4n) is 2.68. The third-order valence-corrected chi connectivity index (χ3v) is 3.70. The molecule has 0 saturated carbocycles. The molecule has 3 nitrogen and oxygen atoms in total. The van der Waals surface area contributed by atoms with Crippen LogP contribution in [0.4, 0.5) is 0 Å². The summed E-state index contributed by atoms with van der Waals surface area (Å²) in [6.07, 6.45) is 0. The Morgan fingerprint density at radius 1 is 0.727 bits per heavy atom. The summed E-state index contributed by atoms with van der Waals surface area (Å²) in [7, 11) is 0. The van der Waals surface area contributed by atoms with E-state index in [9.17, 15) is 0 Å². The Kier molecular flexibility index (Phi) is 2.97. The zero-order valence-electron chi connectivity index (χ0n) is 12.3. The highest BCUT2D eigenvalue weighted by Gasteiger charge is 2.14. The highest BCUT2D eigenvalue weighted by atomic mass is 15.1. The fourth-order valence-corrected chi connectivity index (χ4v) is 2.68. The Balaban J connectivity index is 2.07. The van der Waals surface area contributed by atoms with Gasteiger partial charge in [-0.25, -0.2) is 9.97 Å².